The number of nitrogens with one attached hydrogen (secondary N) is 1. The Morgan fingerprint density at radius 3 is 2.71 bits per heavy atom. The number of aryl methyl sites for hydroxylation is 1. The van der Waals surface area contributed by atoms with Gasteiger partial charge in [-0.15, -0.1) is 0 Å². The number of hydrogen-bond acceptors (Lipinski definition) is 3. The number of para-hydroxylation sites is 1. The first-order valence-electron chi connectivity index (χ1n) is 9.83. The summed E-state index contributed by atoms with van der Waals surface area (Å²) >= 11 is 6.35. The van der Waals surface area contributed by atoms with Gasteiger partial charge in [-0.2, -0.15) is 0 Å². The Bertz CT molecular complexity index is 1150. The average Bonchev–Trinajstić information content (AvgIpc) is 2.94. The molecular formula is C23H27ClN4. The van der Waals surface area contributed by atoms with E-state index in [9.17, 15) is 0 Å². The molecule has 4 nitrogen and oxygen atoms in total. The topological polar surface area (TPSA) is 33.1 Å². The van der Waals surface area contributed by atoms with Crippen LogP contribution < -0.4 is 5.32 Å². The molecule has 0 saturated heterocycles. The van der Waals surface area contributed by atoms with Crippen LogP contribution >= 0.6 is 11.6 Å². The highest BCUT2D eigenvalue weighted by Gasteiger charge is 2.18. The van der Waals surface area contributed by atoms with Crippen LogP contribution in [-0.2, 0) is 7.05 Å². The van der Waals surface area contributed by atoms with E-state index in [0.29, 0.717) is 6.04 Å². The van der Waals surface area contributed by atoms with Gasteiger partial charge in [-0.05, 0) is 64.7 Å². The number of anilines is 1. The molecule has 0 amide bonds. The van der Waals surface area contributed by atoms with Gasteiger partial charge in [0.25, 0.3) is 0 Å². The maximum absolute atomic E-state index is 6.35. The highest BCUT2D eigenvalue weighted by molar-refractivity contribution is 6.32. The minimum atomic E-state index is 0.353. The summed E-state index contributed by atoms with van der Waals surface area (Å²) < 4.78 is 2.18. The molecule has 4 rings (SSSR count). The molecule has 2 aromatic carbocycles. The van der Waals surface area contributed by atoms with Crippen LogP contribution in [0.15, 0.2) is 42.5 Å². The lowest BCUT2D eigenvalue weighted by atomic mass is 10.1. The van der Waals surface area contributed by atoms with E-state index in [2.05, 4.69) is 67.1 Å². The van der Waals surface area contributed by atoms with Crippen molar-refractivity contribution in [3.63, 3.8) is 0 Å². The highest BCUT2D eigenvalue weighted by Crippen LogP contribution is 2.38. The first-order chi connectivity index (χ1) is 13.5. The van der Waals surface area contributed by atoms with Gasteiger partial charge in [0.2, 0.25) is 0 Å². The van der Waals surface area contributed by atoms with Crippen LogP contribution in [0.2, 0.25) is 5.02 Å². The summed E-state index contributed by atoms with van der Waals surface area (Å²) in [5.74, 6) is 0. The summed E-state index contributed by atoms with van der Waals surface area (Å²) in [6.45, 7) is 3.35. The number of aromatic nitrogens is 2. The molecule has 0 radical (unpaired) electrons. The summed E-state index contributed by atoms with van der Waals surface area (Å²) in [6, 6.07) is 14.8. The Balaban J connectivity index is 1.89. The van der Waals surface area contributed by atoms with Crippen molar-refractivity contribution in [1.82, 2.24) is 14.5 Å². The highest BCUT2D eigenvalue weighted by atomic mass is 35.5. The normalized spacial score (nSPS) is 13.1. The number of benzene rings is 2. The first-order valence-corrected chi connectivity index (χ1v) is 10.2. The molecule has 0 fully saturated rings. The fraction of sp³-hybridized carbons (Fsp3) is 0.348. The summed E-state index contributed by atoms with van der Waals surface area (Å²) in [4.78, 5) is 7.20. The van der Waals surface area contributed by atoms with Crippen LogP contribution in [-0.4, -0.2) is 41.1 Å². The van der Waals surface area contributed by atoms with E-state index in [1.54, 1.807) is 0 Å². The molecule has 1 N–H and O–H groups in total. The summed E-state index contributed by atoms with van der Waals surface area (Å²) in [5, 5.41) is 8.01. The minimum absolute atomic E-state index is 0.353. The maximum Gasteiger partial charge on any atom is 0.143 e. The molecule has 0 bridgehead atoms. The van der Waals surface area contributed by atoms with Crippen LogP contribution in [0.3, 0.4) is 0 Å². The van der Waals surface area contributed by atoms with E-state index in [0.717, 1.165) is 46.6 Å². The Kier molecular flexibility index (Phi) is 5.17. The predicted octanol–water partition coefficient (Wildman–Crippen LogP) is 5.68. The predicted molar refractivity (Wildman–Crippen MR) is 122 cm³/mol. The fourth-order valence-corrected chi connectivity index (χ4v) is 4.17. The van der Waals surface area contributed by atoms with Gasteiger partial charge >= 0.3 is 0 Å². The van der Waals surface area contributed by atoms with Crippen LogP contribution in [0.4, 0.5) is 5.69 Å². The zero-order chi connectivity index (χ0) is 19.8. The number of fused-ring (bicyclic) bond motifs is 4. The average molecular weight is 395 g/mol. The lowest BCUT2D eigenvalue weighted by Crippen LogP contribution is -2.19. The zero-order valence-electron chi connectivity index (χ0n) is 17.0. The Labute approximate surface area is 171 Å². The van der Waals surface area contributed by atoms with Gasteiger partial charge in [0.1, 0.15) is 5.65 Å². The van der Waals surface area contributed by atoms with Crippen LogP contribution in [0.5, 0.6) is 0 Å². The quantitative estimate of drug-likeness (QED) is 0.457. The van der Waals surface area contributed by atoms with Gasteiger partial charge in [0.15, 0.2) is 0 Å². The van der Waals surface area contributed by atoms with Gasteiger partial charge in [-0.1, -0.05) is 29.8 Å². The second-order valence-corrected chi connectivity index (χ2v) is 8.35. The Morgan fingerprint density at radius 1 is 1.14 bits per heavy atom. The van der Waals surface area contributed by atoms with E-state index in [1.807, 2.05) is 18.2 Å². The van der Waals surface area contributed by atoms with Crippen molar-refractivity contribution in [3.8, 4) is 0 Å². The maximum atomic E-state index is 6.35. The molecule has 2 aromatic heterocycles. The molecule has 0 spiro atoms. The van der Waals surface area contributed by atoms with Crippen LogP contribution in [0.25, 0.3) is 32.8 Å². The molecule has 4 aromatic rings. The minimum Gasteiger partial charge on any atom is -0.381 e. The number of hydrogen-bond donors (Lipinski definition) is 1. The first kappa shape index (κ1) is 19.0. The van der Waals surface area contributed by atoms with Crippen molar-refractivity contribution in [2.45, 2.75) is 25.8 Å². The lowest BCUT2D eigenvalue weighted by molar-refractivity contribution is 0.390. The molecule has 146 valence electrons. The molecule has 0 aliphatic carbocycles. The SMILES string of the molecule is CC(CCCN(C)C)Nc1c2cc(Cl)ccc2nc2c1c1ccccc1n2C. The van der Waals surface area contributed by atoms with Gasteiger partial charge in [0.05, 0.1) is 22.1 Å². The van der Waals surface area contributed by atoms with Crippen molar-refractivity contribution in [1.29, 1.82) is 0 Å². The number of halogens is 1. The number of pyridine rings is 1. The lowest BCUT2D eigenvalue weighted by Gasteiger charge is -2.19. The number of nitrogens with zero attached hydrogens (tertiary/aromatic N) is 3. The van der Waals surface area contributed by atoms with Gasteiger partial charge in [0, 0.05) is 28.9 Å². The van der Waals surface area contributed by atoms with Crippen molar-refractivity contribution in [3.05, 3.63) is 47.5 Å². The van der Waals surface area contributed by atoms with Gasteiger partial charge in [-0.3, -0.25) is 0 Å². The molecule has 0 saturated carbocycles. The summed E-state index contributed by atoms with van der Waals surface area (Å²) in [6.07, 6.45) is 2.26. The molecule has 2 heterocycles. The molecule has 0 aliphatic heterocycles. The second-order valence-electron chi connectivity index (χ2n) is 7.91. The standard InChI is InChI=1S/C23H27ClN4/c1-15(8-7-13-27(2)3)25-22-18-14-16(24)11-12-19(18)26-23-21(22)17-9-5-6-10-20(17)28(23)4/h5-6,9-12,14-15H,7-8,13H2,1-4H3,(H,25,26). The Morgan fingerprint density at radius 2 is 1.93 bits per heavy atom. The van der Waals surface area contributed by atoms with Crippen molar-refractivity contribution >= 4 is 50.1 Å². The summed E-state index contributed by atoms with van der Waals surface area (Å²) in [7, 11) is 6.33. The van der Waals surface area contributed by atoms with E-state index >= 15 is 0 Å². The Hall–Kier alpha value is -2.30. The molecule has 1 unspecified atom stereocenters. The van der Waals surface area contributed by atoms with Crippen LogP contribution in [0, 0.1) is 0 Å². The van der Waals surface area contributed by atoms with Crippen molar-refractivity contribution in [2.75, 3.05) is 26.0 Å². The monoisotopic (exact) mass is 394 g/mol. The summed E-state index contributed by atoms with van der Waals surface area (Å²) in [5.41, 5.74) is 4.29. The molecule has 0 aliphatic rings. The van der Waals surface area contributed by atoms with E-state index < -0.39 is 0 Å². The van der Waals surface area contributed by atoms with E-state index in [1.165, 1.54) is 16.3 Å². The fourth-order valence-electron chi connectivity index (χ4n) is 3.99. The van der Waals surface area contributed by atoms with Crippen molar-refractivity contribution in [2.24, 2.45) is 7.05 Å². The number of rotatable bonds is 6. The molecule has 1 atom stereocenters. The van der Waals surface area contributed by atoms with E-state index in [4.69, 9.17) is 16.6 Å². The zero-order valence-corrected chi connectivity index (χ0v) is 17.7. The second kappa shape index (κ2) is 7.61. The smallest absolute Gasteiger partial charge is 0.143 e. The van der Waals surface area contributed by atoms with Crippen molar-refractivity contribution < 1.29 is 0 Å². The van der Waals surface area contributed by atoms with Gasteiger partial charge in [-0.25, -0.2) is 4.98 Å². The third-order valence-corrected chi connectivity index (χ3v) is 5.65. The third kappa shape index (κ3) is 3.43. The van der Waals surface area contributed by atoms with Gasteiger partial charge < -0.3 is 14.8 Å². The molecule has 28 heavy (non-hydrogen) atoms. The largest absolute Gasteiger partial charge is 0.381 e. The molecule has 5 heteroatoms. The third-order valence-electron chi connectivity index (χ3n) is 5.41. The molecular weight excluding hydrogens is 368 g/mol. The van der Waals surface area contributed by atoms with E-state index in [-0.39, 0.29) is 0 Å². The van der Waals surface area contributed by atoms with Crippen LogP contribution in [0.1, 0.15) is 19.8 Å².